The number of aliphatic hydroxyl groups is 2. The Labute approximate surface area is 168 Å². The summed E-state index contributed by atoms with van der Waals surface area (Å²) in [7, 11) is 0. The molecule has 0 aromatic heterocycles. The standard InChI is InChI=1S/C17H20F2N6O5/c1-16(28)10(30-13(27)7-3-2-4-8(18)11(7)19)5-24-14(20)22-9(6-26)12-17(16,24)25(29)15(21)23-12/h2-4,9-10,12,26,28-29H,5-6H2,1H3,(H2,20,22)(H2,21,23)/t9-,10-,12?,16-,17?/m0/s1. The molecule has 3 aliphatic heterocycles. The quantitative estimate of drug-likeness (QED) is 0.292. The second-order valence-electron chi connectivity index (χ2n) is 7.54. The second kappa shape index (κ2) is 6.48. The Hall–Kier alpha value is -3.03. The van der Waals surface area contributed by atoms with Gasteiger partial charge >= 0.3 is 5.97 Å². The Morgan fingerprint density at radius 3 is 2.70 bits per heavy atom. The van der Waals surface area contributed by atoms with Gasteiger partial charge in [-0.25, -0.2) is 13.6 Å². The number of halogens is 2. The van der Waals surface area contributed by atoms with E-state index in [2.05, 4.69) is 10.6 Å². The highest BCUT2D eigenvalue weighted by Crippen LogP contribution is 2.49. The maximum absolute atomic E-state index is 14.0. The van der Waals surface area contributed by atoms with Gasteiger partial charge in [0, 0.05) is 0 Å². The van der Waals surface area contributed by atoms with E-state index in [0.717, 1.165) is 18.2 Å². The monoisotopic (exact) mass is 426 g/mol. The fourth-order valence-corrected chi connectivity index (χ4v) is 4.55. The van der Waals surface area contributed by atoms with Crippen LogP contribution in [0.25, 0.3) is 0 Å². The molecule has 2 unspecified atom stereocenters. The van der Waals surface area contributed by atoms with E-state index in [4.69, 9.17) is 15.6 Å². The average molecular weight is 426 g/mol. The van der Waals surface area contributed by atoms with Crippen molar-refractivity contribution in [3.63, 3.8) is 0 Å². The molecule has 7 N–H and O–H groups in total. The third-order valence-corrected chi connectivity index (χ3v) is 6.00. The Kier molecular flexibility index (Phi) is 4.38. The maximum atomic E-state index is 14.0. The molecule has 0 bridgehead atoms. The van der Waals surface area contributed by atoms with Crippen molar-refractivity contribution in [1.29, 1.82) is 10.8 Å². The van der Waals surface area contributed by atoms with Gasteiger partial charge in [-0.2, -0.15) is 5.06 Å². The van der Waals surface area contributed by atoms with E-state index in [1.165, 1.54) is 11.8 Å². The van der Waals surface area contributed by atoms with Gasteiger partial charge in [0.1, 0.15) is 5.60 Å². The topological polar surface area (TPSA) is 165 Å². The normalized spacial score (nSPS) is 34.9. The van der Waals surface area contributed by atoms with E-state index in [0.29, 0.717) is 5.06 Å². The first-order chi connectivity index (χ1) is 14.1. The highest BCUT2D eigenvalue weighted by Gasteiger charge is 2.76. The molecule has 162 valence electrons. The highest BCUT2D eigenvalue weighted by molar-refractivity contribution is 5.90. The Balaban J connectivity index is 1.74. The number of ether oxygens (including phenoxy) is 1. The highest BCUT2D eigenvalue weighted by atomic mass is 19.2. The van der Waals surface area contributed by atoms with E-state index >= 15 is 0 Å². The van der Waals surface area contributed by atoms with Crippen molar-refractivity contribution in [1.82, 2.24) is 20.6 Å². The van der Waals surface area contributed by atoms with Crippen LogP contribution in [0.3, 0.4) is 0 Å². The molecule has 13 heteroatoms. The molecule has 3 aliphatic rings. The van der Waals surface area contributed by atoms with Crippen molar-refractivity contribution < 1.29 is 33.7 Å². The molecule has 0 saturated carbocycles. The molecule has 3 heterocycles. The van der Waals surface area contributed by atoms with Crippen molar-refractivity contribution >= 4 is 17.9 Å². The molecule has 0 radical (unpaired) electrons. The van der Waals surface area contributed by atoms with Crippen LogP contribution < -0.4 is 10.6 Å². The first-order valence-electron chi connectivity index (χ1n) is 9.02. The van der Waals surface area contributed by atoms with E-state index in [9.17, 15) is 29.0 Å². The SMILES string of the molecule is C[C@]1(O)[C@@H](OC(=O)c2cccc(F)c2F)CN2C(=N)N[C@@H](CO)C3NC(=N)N(O)C321. The largest absolute Gasteiger partial charge is 0.454 e. The zero-order chi connectivity index (χ0) is 22.0. The second-order valence-corrected chi connectivity index (χ2v) is 7.54. The minimum Gasteiger partial charge on any atom is -0.454 e. The van der Waals surface area contributed by atoms with E-state index < -0.39 is 65.2 Å². The average Bonchev–Trinajstić information content (AvgIpc) is 3.10. The predicted octanol–water partition coefficient (Wildman–Crippen LogP) is -1.25. The maximum Gasteiger partial charge on any atom is 0.341 e. The molecule has 3 fully saturated rings. The summed E-state index contributed by atoms with van der Waals surface area (Å²) in [4.78, 5) is 13.7. The summed E-state index contributed by atoms with van der Waals surface area (Å²) in [6.45, 7) is 0.435. The summed E-state index contributed by atoms with van der Waals surface area (Å²) in [5, 5.41) is 53.7. The lowest BCUT2D eigenvalue weighted by Crippen LogP contribution is -2.80. The molecule has 0 aliphatic carbocycles. The van der Waals surface area contributed by atoms with E-state index in [1.54, 1.807) is 0 Å². The number of benzene rings is 1. The molecule has 5 atom stereocenters. The van der Waals surface area contributed by atoms with E-state index in [1.807, 2.05) is 0 Å². The van der Waals surface area contributed by atoms with Crippen LogP contribution >= 0.6 is 0 Å². The minimum atomic E-state index is -2.11. The summed E-state index contributed by atoms with van der Waals surface area (Å²) in [6, 6.07) is 1.13. The van der Waals surface area contributed by atoms with Crippen molar-refractivity contribution in [2.24, 2.45) is 0 Å². The van der Waals surface area contributed by atoms with Crippen molar-refractivity contribution in [2.45, 2.75) is 36.4 Å². The van der Waals surface area contributed by atoms with Crippen molar-refractivity contribution in [2.75, 3.05) is 13.2 Å². The molecule has 0 amide bonds. The zero-order valence-electron chi connectivity index (χ0n) is 15.7. The molecule has 3 saturated heterocycles. The lowest BCUT2D eigenvalue weighted by Gasteiger charge is -2.53. The lowest BCUT2D eigenvalue weighted by atomic mass is 9.79. The number of nitrogens with zero attached hydrogens (tertiary/aromatic N) is 2. The van der Waals surface area contributed by atoms with Crippen LogP contribution in [0.4, 0.5) is 8.78 Å². The number of esters is 1. The summed E-state index contributed by atoms with van der Waals surface area (Å²) >= 11 is 0. The third kappa shape index (κ3) is 2.36. The van der Waals surface area contributed by atoms with Gasteiger partial charge in [-0.1, -0.05) is 6.07 Å². The van der Waals surface area contributed by atoms with Crippen molar-refractivity contribution in [3.05, 3.63) is 35.4 Å². The predicted molar refractivity (Wildman–Crippen MR) is 95.6 cm³/mol. The summed E-state index contributed by atoms with van der Waals surface area (Å²) in [5.74, 6) is -4.68. The number of hydrogen-bond acceptors (Lipinski definition) is 7. The number of rotatable bonds is 3. The number of hydroxylamine groups is 2. The molecule has 1 aromatic carbocycles. The molecule has 30 heavy (non-hydrogen) atoms. The Morgan fingerprint density at radius 2 is 2.03 bits per heavy atom. The van der Waals surface area contributed by atoms with Crippen LogP contribution in [-0.4, -0.2) is 85.9 Å². The van der Waals surface area contributed by atoms with Crippen LogP contribution in [0.2, 0.25) is 0 Å². The summed E-state index contributed by atoms with van der Waals surface area (Å²) in [6.07, 6.45) is -1.41. The third-order valence-electron chi connectivity index (χ3n) is 6.00. The van der Waals surface area contributed by atoms with Gasteiger partial charge in [0.15, 0.2) is 29.4 Å². The minimum absolute atomic E-state index is 0.295. The smallest absolute Gasteiger partial charge is 0.341 e. The molecular weight excluding hydrogens is 406 g/mol. The van der Waals surface area contributed by atoms with Crippen LogP contribution in [0.1, 0.15) is 17.3 Å². The lowest BCUT2D eigenvalue weighted by molar-refractivity contribution is -0.228. The van der Waals surface area contributed by atoms with Crippen LogP contribution in [0.5, 0.6) is 0 Å². The fraction of sp³-hybridized carbons (Fsp3) is 0.471. The molecule has 4 rings (SSSR count). The molecule has 11 nitrogen and oxygen atoms in total. The summed E-state index contributed by atoms with van der Waals surface area (Å²) < 4.78 is 32.8. The zero-order valence-corrected chi connectivity index (χ0v) is 15.7. The number of carbonyl (C=O) groups excluding carboxylic acids is 1. The van der Waals surface area contributed by atoms with E-state index in [-0.39, 0.29) is 12.5 Å². The number of hydrogen-bond donors (Lipinski definition) is 7. The molecule has 1 spiro atoms. The van der Waals surface area contributed by atoms with Gasteiger partial charge in [0.25, 0.3) is 0 Å². The van der Waals surface area contributed by atoms with Crippen molar-refractivity contribution in [3.8, 4) is 0 Å². The fourth-order valence-electron chi connectivity index (χ4n) is 4.55. The van der Waals surface area contributed by atoms with Crippen LogP contribution in [-0.2, 0) is 4.74 Å². The number of guanidine groups is 2. The Bertz CT molecular complexity index is 945. The first kappa shape index (κ1) is 20.3. The summed E-state index contributed by atoms with van der Waals surface area (Å²) in [5.41, 5.74) is -4.67. The van der Waals surface area contributed by atoms with Crippen LogP contribution in [0.15, 0.2) is 18.2 Å². The molecular formula is C17H20F2N6O5. The number of carbonyl (C=O) groups is 1. The van der Waals surface area contributed by atoms with Gasteiger partial charge in [0.2, 0.25) is 5.96 Å². The molecule has 1 aromatic rings. The van der Waals surface area contributed by atoms with Gasteiger partial charge in [0.05, 0.1) is 30.8 Å². The van der Waals surface area contributed by atoms with Gasteiger partial charge in [-0.15, -0.1) is 0 Å². The van der Waals surface area contributed by atoms with Crippen LogP contribution in [0, 0.1) is 22.5 Å². The number of nitrogens with one attached hydrogen (secondary N) is 4. The first-order valence-corrected chi connectivity index (χ1v) is 9.02. The van der Waals surface area contributed by atoms with Gasteiger partial charge in [-0.3, -0.25) is 16.0 Å². The van der Waals surface area contributed by atoms with Gasteiger partial charge < -0.3 is 30.5 Å². The van der Waals surface area contributed by atoms with Gasteiger partial charge in [-0.05, 0) is 19.1 Å². The number of aliphatic hydroxyl groups excluding tert-OH is 1. The Morgan fingerprint density at radius 1 is 1.33 bits per heavy atom.